The van der Waals surface area contributed by atoms with E-state index in [-0.39, 0.29) is 6.10 Å². The van der Waals surface area contributed by atoms with Gasteiger partial charge in [0, 0.05) is 55.1 Å². The molecule has 4 rings (SSSR count). The number of ether oxygens (including phenoxy) is 1. The van der Waals surface area contributed by atoms with Crippen molar-refractivity contribution in [2.24, 2.45) is 0 Å². The number of nitrogens with one attached hydrogen (secondary N) is 1. The van der Waals surface area contributed by atoms with Crippen LogP contribution in [-0.4, -0.2) is 27.2 Å². The highest BCUT2D eigenvalue weighted by Crippen LogP contribution is 2.36. The van der Waals surface area contributed by atoms with Crippen LogP contribution in [-0.2, 0) is 17.8 Å². The number of nitrogens with zero attached hydrogens (tertiary/aromatic N) is 3. The summed E-state index contributed by atoms with van der Waals surface area (Å²) in [4.78, 5) is 10.5. The molecule has 2 fully saturated rings. The van der Waals surface area contributed by atoms with Gasteiger partial charge in [-0.3, -0.25) is 0 Å². The summed E-state index contributed by atoms with van der Waals surface area (Å²) in [6, 6.07) is 0.328. The summed E-state index contributed by atoms with van der Waals surface area (Å²) in [5, 5.41) is 5.02. The molecule has 1 aliphatic heterocycles. The van der Waals surface area contributed by atoms with Gasteiger partial charge in [0.2, 0.25) is 0 Å². The van der Waals surface area contributed by atoms with E-state index >= 15 is 0 Å². The first-order valence-electron chi connectivity index (χ1n) is 9.15. The van der Waals surface area contributed by atoms with Crippen LogP contribution in [0, 0.1) is 0 Å². The highest BCUT2D eigenvalue weighted by Gasteiger charge is 2.32. The number of hydrogen-bond acceptors (Lipinski definition) is 5. The van der Waals surface area contributed by atoms with Gasteiger partial charge < -0.3 is 14.6 Å². The van der Waals surface area contributed by atoms with Crippen LogP contribution in [0.1, 0.15) is 66.8 Å². The fourth-order valence-corrected chi connectivity index (χ4v) is 4.93. The normalized spacial score (nSPS) is 24.9. The molecule has 5 nitrogen and oxygen atoms in total. The molecule has 1 saturated heterocycles. The lowest BCUT2D eigenvalue weighted by Crippen LogP contribution is -2.32. The van der Waals surface area contributed by atoms with Gasteiger partial charge in [0.05, 0.1) is 5.01 Å². The molecule has 6 heteroatoms. The Balaban J connectivity index is 1.38. The maximum absolute atomic E-state index is 5.97. The van der Waals surface area contributed by atoms with Gasteiger partial charge in [-0.05, 0) is 26.2 Å². The van der Waals surface area contributed by atoms with Crippen molar-refractivity contribution in [2.75, 3.05) is 6.61 Å². The quantitative estimate of drug-likeness (QED) is 0.868. The molecule has 2 aliphatic rings. The van der Waals surface area contributed by atoms with Gasteiger partial charge >= 0.3 is 0 Å². The predicted octanol–water partition coefficient (Wildman–Crippen LogP) is 3.64. The second-order valence-electron chi connectivity index (χ2n) is 6.79. The number of aryl methyl sites for hydroxylation is 1. The standard InChI is InChI=1S/C18H26N4OS/c1-2-22-9-8-19-17(22)16-15(7-10-23-16)20-11-14-12-21-18(24-14)13-5-3-4-6-13/h8-9,12-13,15-16,20H,2-7,10-11H2,1H3/t15-,16-/m0/s1. The zero-order chi connectivity index (χ0) is 16.4. The van der Waals surface area contributed by atoms with E-state index in [2.05, 4.69) is 33.0 Å². The smallest absolute Gasteiger partial charge is 0.139 e. The molecule has 2 aromatic heterocycles. The third-order valence-electron chi connectivity index (χ3n) is 5.25. The second-order valence-corrected chi connectivity index (χ2v) is 7.93. The maximum atomic E-state index is 5.97. The first kappa shape index (κ1) is 16.2. The van der Waals surface area contributed by atoms with E-state index < -0.39 is 0 Å². The maximum Gasteiger partial charge on any atom is 0.139 e. The first-order chi connectivity index (χ1) is 11.8. The van der Waals surface area contributed by atoms with E-state index in [0.717, 1.165) is 31.9 Å². The molecule has 3 heterocycles. The molecule has 2 atom stereocenters. The Hall–Kier alpha value is -1.24. The summed E-state index contributed by atoms with van der Waals surface area (Å²) in [6.07, 6.45) is 12.4. The lowest BCUT2D eigenvalue weighted by atomic mass is 10.1. The van der Waals surface area contributed by atoms with Gasteiger partial charge in [-0.15, -0.1) is 11.3 Å². The minimum absolute atomic E-state index is 0.0576. The van der Waals surface area contributed by atoms with Crippen LogP contribution in [0.15, 0.2) is 18.6 Å². The Bertz CT molecular complexity index is 662. The van der Waals surface area contributed by atoms with Gasteiger partial charge in [0.25, 0.3) is 0 Å². The van der Waals surface area contributed by atoms with Crippen molar-refractivity contribution in [1.82, 2.24) is 19.9 Å². The molecular formula is C18H26N4OS. The van der Waals surface area contributed by atoms with Crippen molar-refractivity contribution in [3.05, 3.63) is 34.3 Å². The minimum atomic E-state index is 0.0576. The van der Waals surface area contributed by atoms with Gasteiger partial charge in [-0.1, -0.05) is 12.8 Å². The molecule has 0 amide bonds. The Labute approximate surface area is 147 Å². The van der Waals surface area contributed by atoms with Crippen LogP contribution in [0.5, 0.6) is 0 Å². The SMILES string of the molecule is CCn1ccnc1[C@H]1OCC[C@@H]1NCc1cnc(C2CCCC2)s1. The van der Waals surface area contributed by atoms with E-state index in [0.29, 0.717) is 12.0 Å². The van der Waals surface area contributed by atoms with E-state index in [1.54, 1.807) is 0 Å². The first-order valence-corrected chi connectivity index (χ1v) is 9.97. The Morgan fingerprint density at radius 3 is 3.00 bits per heavy atom. The molecular weight excluding hydrogens is 320 g/mol. The molecule has 2 aromatic rings. The summed E-state index contributed by atoms with van der Waals surface area (Å²) in [7, 11) is 0. The van der Waals surface area contributed by atoms with E-state index in [1.165, 1.54) is 35.6 Å². The molecule has 1 aliphatic carbocycles. The fraction of sp³-hybridized carbons (Fsp3) is 0.667. The van der Waals surface area contributed by atoms with Crippen LogP contribution in [0.25, 0.3) is 0 Å². The van der Waals surface area contributed by atoms with Gasteiger partial charge in [0.15, 0.2) is 0 Å². The largest absolute Gasteiger partial charge is 0.369 e. The molecule has 0 unspecified atom stereocenters. The lowest BCUT2D eigenvalue weighted by Gasteiger charge is -2.20. The van der Waals surface area contributed by atoms with E-state index in [4.69, 9.17) is 4.74 Å². The average molecular weight is 347 g/mol. The average Bonchev–Trinajstić information content (AvgIpc) is 3.40. The fourth-order valence-electron chi connectivity index (χ4n) is 3.90. The van der Waals surface area contributed by atoms with E-state index in [1.807, 2.05) is 23.7 Å². The zero-order valence-electron chi connectivity index (χ0n) is 14.3. The van der Waals surface area contributed by atoms with Crippen LogP contribution in [0.2, 0.25) is 0 Å². The molecule has 0 spiro atoms. The van der Waals surface area contributed by atoms with Gasteiger partial charge in [-0.2, -0.15) is 0 Å². The number of aromatic nitrogens is 3. The zero-order valence-corrected chi connectivity index (χ0v) is 15.1. The Kier molecular flexibility index (Phi) is 4.96. The monoisotopic (exact) mass is 346 g/mol. The topological polar surface area (TPSA) is 52.0 Å². The van der Waals surface area contributed by atoms with Crippen LogP contribution in [0.3, 0.4) is 0 Å². The van der Waals surface area contributed by atoms with Gasteiger partial charge in [0.1, 0.15) is 11.9 Å². The van der Waals surface area contributed by atoms with Crippen molar-refractivity contribution >= 4 is 11.3 Å². The van der Waals surface area contributed by atoms with Crippen molar-refractivity contribution in [1.29, 1.82) is 0 Å². The minimum Gasteiger partial charge on any atom is -0.369 e. The summed E-state index contributed by atoms with van der Waals surface area (Å²) >= 11 is 1.88. The van der Waals surface area contributed by atoms with Crippen LogP contribution in [0.4, 0.5) is 0 Å². The highest BCUT2D eigenvalue weighted by atomic mass is 32.1. The highest BCUT2D eigenvalue weighted by molar-refractivity contribution is 7.11. The van der Waals surface area contributed by atoms with Gasteiger partial charge in [-0.25, -0.2) is 9.97 Å². The summed E-state index contributed by atoms with van der Waals surface area (Å²) in [5.74, 6) is 1.76. The number of rotatable bonds is 6. The van der Waals surface area contributed by atoms with Crippen molar-refractivity contribution in [3.8, 4) is 0 Å². The third kappa shape index (κ3) is 3.27. The third-order valence-corrected chi connectivity index (χ3v) is 6.41. The van der Waals surface area contributed by atoms with Crippen molar-refractivity contribution in [3.63, 3.8) is 0 Å². The van der Waals surface area contributed by atoms with Crippen molar-refractivity contribution < 1.29 is 4.74 Å². The lowest BCUT2D eigenvalue weighted by molar-refractivity contribution is 0.0886. The molecule has 0 aromatic carbocycles. The predicted molar refractivity (Wildman–Crippen MR) is 95.2 cm³/mol. The summed E-state index contributed by atoms with van der Waals surface area (Å²) in [6.45, 7) is 4.75. The van der Waals surface area contributed by atoms with Crippen molar-refractivity contribution in [2.45, 2.75) is 70.2 Å². The number of hydrogen-bond donors (Lipinski definition) is 1. The summed E-state index contributed by atoms with van der Waals surface area (Å²) in [5.41, 5.74) is 0. The number of thiazole rings is 1. The van der Waals surface area contributed by atoms with Crippen LogP contribution < -0.4 is 5.32 Å². The molecule has 0 radical (unpaired) electrons. The summed E-state index contributed by atoms with van der Waals surface area (Å²) < 4.78 is 8.15. The molecule has 1 N–H and O–H groups in total. The molecule has 24 heavy (non-hydrogen) atoms. The second kappa shape index (κ2) is 7.33. The van der Waals surface area contributed by atoms with Crippen LogP contribution >= 0.6 is 11.3 Å². The molecule has 1 saturated carbocycles. The Morgan fingerprint density at radius 1 is 1.29 bits per heavy atom. The van der Waals surface area contributed by atoms with E-state index in [9.17, 15) is 0 Å². The Morgan fingerprint density at radius 2 is 2.17 bits per heavy atom. The molecule has 0 bridgehead atoms. The molecule has 130 valence electrons. The number of imidazole rings is 1.